The van der Waals surface area contributed by atoms with Crippen molar-refractivity contribution in [2.24, 2.45) is 50.2 Å². The Hall–Kier alpha value is -0.820. The molecule has 3 saturated heterocycles. The van der Waals surface area contributed by atoms with E-state index in [4.69, 9.17) is 23.7 Å². The zero-order valence-corrected chi connectivity index (χ0v) is 33.9. The number of rotatable bonds is 7. The number of fused-ring (bicyclic) bond motifs is 4. The van der Waals surface area contributed by atoms with E-state index in [9.17, 15) is 46.0 Å². The molecule has 0 aromatic rings. The van der Waals surface area contributed by atoms with Crippen LogP contribution < -0.4 is 0 Å². The van der Waals surface area contributed by atoms with Gasteiger partial charge in [0.05, 0.1) is 44.2 Å². The van der Waals surface area contributed by atoms with Crippen LogP contribution in [0.2, 0.25) is 0 Å². The van der Waals surface area contributed by atoms with Crippen LogP contribution in [0.15, 0.2) is 12.2 Å². The highest BCUT2D eigenvalue weighted by Crippen LogP contribution is 2.79. The number of hydrogen-bond donors (Lipinski definition) is 9. The Bertz CT molecular complexity index is 1510. The van der Waals surface area contributed by atoms with Gasteiger partial charge in [-0.05, 0) is 79.4 Å². The van der Waals surface area contributed by atoms with Crippen LogP contribution in [0.4, 0.5) is 0 Å². The second kappa shape index (κ2) is 13.9. The third kappa shape index (κ3) is 5.57. The van der Waals surface area contributed by atoms with Gasteiger partial charge in [0.15, 0.2) is 12.6 Å². The minimum Gasteiger partial charge on any atom is -0.396 e. The van der Waals surface area contributed by atoms with Gasteiger partial charge in [0, 0.05) is 22.2 Å². The first kappa shape index (κ1) is 41.9. The average Bonchev–Trinajstić information content (AvgIpc) is 3.43. The fourth-order valence-corrected chi connectivity index (χ4v) is 14.3. The van der Waals surface area contributed by atoms with E-state index in [1.165, 1.54) is 0 Å². The van der Waals surface area contributed by atoms with Crippen LogP contribution in [-0.2, 0) is 23.7 Å². The zero-order valence-electron chi connectivity index (χ0n) is 33.9. The van der Waals surface area contributed by atoms with Crippen LogP contribution in [0, 0.1) is 50.2 Å². The normalized spacial score (nSPS) is 58.8. The van der Waals surface area contributed by atoms with Gasteiger partial charge in [-0.1, -0.05) is 53.7 Å². The predicted octanol–water partition coefficient (Wildman–Crippen LogP) is 0.749. The van der Waals surface area contributed by atoms with E-state index in [-0.39, 0.29) is 51.4 Å². The third-order valence-electron chi connectivity index (χ3n) is 17.9. The number of allylic oxidation sites excluding steroid dienone is 1. The molecule has 21 atom stereocenters. The highest BCUT2D eigenvalue weighted by molar-refractivity contribution is 5.36. The van der Waals surface area contributed by atoms with E-state index in [1.54, 1.807) is 0 Å². The van der Waals surface area contributed by atoms with Crippen molar-refractivity contribution >= 4 is 0 Å². The average molecular weight is 797 g/mol. The molecule has 0 aromatic carbocycles. The molecule has 8 aliphatic rings. The molecule has 2 bridgehead atoms. The number of hydrogen-bond acceptors (Lipinski definition) is 14. The Balaban J connectivity index is 1.02. The molecule has 0 aromatic heterocycles. The van der Waals surface area contributed by atoms with E-state index >= 15 is 0 Å². The number of aliphatic hydroxyl groups excluding tert-OH is 9. The minimum atomic E-state index is -1.68. The molecule has 7 fully saturated rings. The van der Waals surface area contributed by atoms with Crippen LogP contribution in [-0.4, -0.2) is 152 Å². The first-order valence-electron chi connectivity index (χ1n) is 21.1. The summed E-state index contributed by atoms with van der Waals surface area (Å²) in [7, 11) is 0. The standard InChI is InChI=1S/C42H68O14/c1-36(2)13-14-41-20-53-42(25(41)15-36)12-8-24-37(3)10-9-27(38(4,19-44)23(37)7-11-39(24,5)40(42,6)16-26(41)45)56-35-33(51)31(49)29(47)22(55-35)18-52-34-32(50)30(48)28(46)21(17-43)54-34/h8,12,21-35,43-51H,7,9-11,13-20H2,1-6H3. The molecule has 4 saturated carbocycles. The van der Waals surface area contributed by atoms with Crippen molar-refractivity contribution in [2.75, 3.05) is 26.4 Å². The summed E-state index contributed by atoms with van der Waals surface area (Å²) >= 11 is 0. The zero-order chi connectivity index (χ0) is 40.6. The summed E-state index contributed by atoms with van der Waals surface area (Å²) in [5, 5.41) is 96.6. The molecule has 3 heterocycles. The summed E-state index contributed by atoms with van der Waals surface area (Å²) in [6.07, 6.45) is -4.63. The molecule has 21 unspecified atom stereocenters. The molecule has 56 heavy (non-hydrogen) atoms. The molecule has 0 amide bonds. The van der Waals surface area contributed by atoms with E-state index in [1.807, 2.05) is 6.92 Å². The first-order valence-corrected chi connectivity index (χ1v) is 21.1. The quantitative estimate of drug-likeness (QED) is 0.128. The Morgan fingerprint density at radius 1 is 0.696 bits per heavy atom. The first-order chi connectivity index (χ1) is 26.2. The van der Waals surface area contributed by atoms with Gasteiger partial charge in [0.2, 0.25) is 0 Å². The van der Waals surface area contributed by atoms with E-state index in [2.05, 4.69) is 46.8 Å². The molecule has 8 rings (SSSR count). The van der Waals surface area contributed by atoms with Gasteiger partial charge in [-0.15, -0.1) is 0 Å². The van der Waals surface area contributed by atoms with Crippen molar-refractivity contribution in [3.8, 4) is 0 Å². The molecular weight excluding hydrogens is 728 g/mol. The molecule has 320 valence electrons. The maximum absolute atomic E-state index is 12.1. The van der Waals surface area contributed by atoms with Crippen molar-refractivity contribution in [3.05, 3.63) is 12.2 Å². The number of ether oxygens (including phenoxy) is 5. The smallest absolute Gasteiger partial charge is 0.186 e. The lowest BCUT2D eigenvalue weighted by Gasteiger charge is -2.73. The van der Waals surface area contributed by atoms with Gasteiger partial charge in [-0.25, -0.2) is 0 Å². The predicted molar refractivity (Wildman–Crippen MR) is 198 cm³/mol. The van der Waals surface area contributed by atoms with E-state index < -0.39 is 97.8 Å². The van der Waals surface area contributed by atoms with Gasteiger partial charge in [0.25, 0.3) is 0 Å². The largest absolute Gasteiger partial charge is 0.396 e. The van der Waals surface area contributed by atoms with Gasteiger partial charge in [0.1, 0.15) is 48.8 Å². The van der Waals surface area contributed by atoms with Crippen LogP contribution >= 0.6 is 0 Å². The fraction of sp³-hybridized carbons (Fsp3) is 0.952. The topological polar surface area (TPSA) is 228 Å². The van der Waals surface area contributed by atoms with Crippen molar-refractivity contribution in [2.45, 2.75) is 172 Å². The monoisotopic (exact) mass is 796 g/mol. The SMILES string of the molecule is CC1(C)CCC23COC4(C=CC5C6(C)CCC(OC7OC(COC8OC(CO)C(O)C(O)C8O)C(O)C(O)C7O)C(C)(CO)C6CCC5(C)C4(C)CC2O)C3C1. The van der Waals surface area contributed by atoms with Gasteiger partial charge < -0.3 is 69.6 Å². The van der Waals surface area contributed by atoms with Gasteiger partial charge in [-0.3, -0.25) is 0 Å². The second-order valence-electron chi connectivity index (χ2n) is 21.0. The molecule has 14 heteroatoms. The highest BCUT2D eigenvalue weighted by Gasteiger charge is 2.79. The molecule has 9 N–H and O–H groups in total. The van der Waals surface area contributed by atoms with Crippen molar-refractivity contribution in [1.29, 1.82) is 0 Å². The summed E-state index contributed by atoms with van der Waals surface area (Å²) in [5.74, 6) is 0.377. The third-order valence-corrected chi connectivity index (χ3v) is 17.9. The van der Waals surface area contributed by atoms with E-state index in [0.29, 0.717) is 19.4 Å². The lowest BCUT2D eigenvalue weighted by molar-refractivity contribution is -0.347. The van der Waals surface area contributed by atoms with Crippen LogP contribution in [0.5, 0.6) is 0 Å². The molecule has 1 spiro atoms. The van der Waals surface area contributed by atoms with Crippen LogP contribution in [0.1, 0.15) is 92.9 Å². The van der Waals surface area contributed by atoms with E-state index in [0.717, 1.165) is 38.5 Å². The van der Waals surface area contributed by atoms with Crippen molar-refractivity contribution < 1.29 is 69.6 Å². The Labute approximate surface area is 330 Å². The van der Waals surface area contributed by atoms with Crippen LogP contribution in [0.3, 0.4) is 0 Å². The summed E-state index contributed by atoms with van der Waals surface area (Å²) < 4.78 is 30.7. The van der Waals surface area contributed by atoms with Gasteiger partial charge >= 0.3 is 0 Å². The second-order valence-corrected chi connectivity index (χ2v) is 21.0. The molecule has 5 aliphatic carbocycles. The summed E-state index contributed by atoms with van der Waals surface area (Å²) in [6.45, 7) is 13.2. The Morgan fingerprint density at radius 2 is 1.36 bits per heavy atom. The molecule has 0 radical (unpaired) electrons. The minimum absolute atomic E-state index is 0.00593. The Kier molecular flexibility index (Phi) is 10.4. The molecule has 14 nitrogen and oxygen atoms in total. The summed E-state index contributed by atoms with van der Waals surface area (Å²) in [6, 6.07) is 0. The van der Waals surface area contributed by atoms with Crippen molar-refractivity contribution in [3.63, 3.8) is 0 Å². The summed E-state index contributed by atoms with van der Waals surface area (Å²) in [4.78, 5) is 0. The lowest BCUT2D eigenvalue weighted by Crippen LogP contribution is -2.72. The fourth-order valence-electron chi connectivity index (χ4n) is 14.3. The van der Waals surface area contributed by atoms with Crippen LogP contribution in [0.25, 0.3) is 0 Å². The molecular formula is C42H68O14. The maximum atomic E-state index is 12.1. The van der Waals surface area contributed by atoms with Crippen molar-refractivity contribution in [1.82, 2.24) is 0 Å². The summed E-state index contributed by atoms with van der Waals surface area (Å²) in [5.41, 5.74) is -2.05. The van der Waals surface area contributed by atoms with Gasteiger partial charge in [-0.2, -0.15) is 0 Å². The highest BCUT2D eigenvalue weighted by atomic mass is 16.7. The Morgan fingerprint density at radius 3 is 2.04 bits per heavy atom. The molecule has 3 aliphatic heterocycles. The maximum Gasteiger partial charge on any atom is 0.186 e. The lowest BCUT2D eigenvalue weighted by atomic mass is 9.32. The number of aliphatic hydroxyl groups is 9.